The van der Waals surface area contributed by atoms with Crippen molar-refractivity contribution in [3.8, 4) is 5.75 Å². The van der Waals surface area contributed by atoms with Crippen LogP contribution in [0.15, 0.2) is 53.4 Å². The van der Waals surface area contributed by atoms with Gasteiger partial charge in [-0.15, -0.1) is 0 Å². The Hall–Kier alpha value is -2.39. The number of carbonyl (C=O) groups is 1. The molecule has 0 radical (unpaired) electrons. The van der Waals surface area contributed by atoms with Crippen LogP contribution in [0.2, 0.25) is 5.02 Å². The van der Waals surface area contributed by atoms with Gasteiger partial charge >= 0.3 is 0 Å². The summed E-state index contributed by atoms with van der Waals surface area (Å²) in [7, 11) is -2.38. The van der Waals surface area contributed by atoms with Crippen molar-refractivity contribution in [2.24, 2.45) is 0 Å². The molecule has 1 aliphatic heterocycles. The van der Waals surface area contributed by atoms with Gasteiger partial charge in [0.25, 0.3) is 0 Å². The van der Waals surface area contributed by atoms with E-state index in [9.17, 15) is 13.2 Å². The minimum Gasteiger partial charge on any atom is -0.495 e. The van der Waals surface area contributed by atoms with E-state index in [0.29, 0.717) is 29.5 Å². The van der Waals surface area contributed by atoms with Crippen LogP contribution in [0.25, 0.3) is 6.08 Å². The quantitative estimate of drug-likeness (QED) is 0.703. The van der Waals surface area contributed by atoms with Crippen LogP contribution in [-0.4, -0.2) is 52.0 Å². The average Bonchev–Trinajstić information content (AvgIpc) is 2.74. The zero-order valence-corrected chi connectivity index (χ0v) is 17.4. The molecule has 9 heteroatoms. The maximum Gasteiger partial charge on any atom is 0.248 e. The number of anilines is 1. The summed E-state index contributed by atoms with van der Waals surface area (Å²) < 4.78 is 37.8. The molecule has 0 unspecified atom stereocenters. The van der Waals surface area contributed by atoms with Crippen LogP contribution in [0.4, 0.5) is 5.69 Å². The Bertz CT molecular complexity index is 1020. The Balaban J connectivity index is 1.81. The van der Waals surface area contributed by atoms with Gasteiger partial charge in [0.05, 0.1) is 20.3 Å². The lowest BCUT2D eigenvalue weighted by molar-refractivity contribution is -0.111. The number of carbonyl (C=O) groups excluding carboxylic acids is 1. The number of nitrogens with zero attached hydrogens (tertiary/aromatic N) is 1. The summed E-state index contributed by atoms with van der Waals surface area (Å²) in [5.41, 5.74) is 1.04. The molecule has 7 nitrogen and oxygen atoms in total. The standard InChI is InChI=1S/C20H21ClN2O5S/c1-27-18-8-7-16(14-19(18)29(25,26)23-10-12-28-13-11-23)22-20(24)9-6-15-4-2-3-5-17(15)21/h2-9,14H,10-13H2,1H3,(H,22,24)/b9-6+. The molecule has 1 amide bonds. The fraction of sp³-hybridized carbons (Fsp3) is 0.250. The molecule has 154 valence electrons. The second kappa shape index (κ2) is 9.41. The van der Waals surface area contributed by atoms with Crippen LogP contribution < -0.4 is 10.1 Å². The van der Waals surface area contributed by atoms with Crippen molar-refractivity contribution in [2.45, 2.75) is 4.90 Å². The van der Waals surface area contributed by atoms with E-state index in [4.69, 9.17) is 21.1 Å². The van der Waals surface area contributed by atoms with Gasteiger partial charge in [-0.1, -0.05) is 29.8 Å². The largest absolute Gasteiger partial charge is 0.495 e. The van der Waals surface area contributed by atoms with Gasteiger partial charge < -0.3 is 14.8 Å². The monoisotopic (exact) mass is 436 g/mol. The first-order valence-electron chi connectivity index (χ1n) is 8.91. The number of sulfonamides is 1. The van der Waals surface area contributed by atoms with Crippen molar-refractivity contribution >= 4 is 39.3 Å². The van der Waals surface area contributed by atoms with E-state index in [1.165, 1.54) is 29.6 Å². The maximum atomic E-state index is 13.0. The van der Waals surface area contributed by atoms with Crippen molar-refractivity contribution in [3.63, 3.8) is 0 Å². The van der Waals surface area contributed by atoms with Gasteiger partial charge in [0.1, 0.15) is 10.6 Å². The summed E-state index contributed by atoms with van der Waals surface area (Å²) in [6.07, 6.45) is 2.92. The Kier molecular flexibility index (Phi) is 6.92. The van der Waals surface area contributed by atoms with Gasteiger partial charge in [0, 0.05) is 29.9 Å². The predicted octanol–water partition coefficient (Wildman–Crippen LogP) is 3.02. The number of hydrogen-bond donors (Lipinski definition) is 1. The van der Waals surface area contributed by atoms with Crippen molar-refractivity contribution in [3.05, 3.63) is 59.1 Å². The van der Waals surface area contributed by atoms with Crippen molar-refractivity contribution < 1.29 is 22.7 Å². The van der Waals surface area contributed by atoms with Crippen molar-refractivity contribution in [1.29, 1.82) is 0 Å². The first-order valence-corrected chi connectivity index (χ1v) is 10.7. The molecule has 1 fully saturated rings. The van der Waals surface area contributed by atoms with Gasteiger partial charge in [-0.2, -0.15) is 4.31 Å². The summed E-state index contributed by atoms with van der Waals surface area (Å²) in [6.45, 7) is 1.21. The molecule has 1 heterocycles. The van der Waals surface area contributed by atoms with Gasteiger partial charge in [-0.3, -0.25) is 4.79 Å². The van der Waals surface area contributed by atoms with Crippen LogP contribution in [0, 0.1) is 0 Å². The molecule has 1 N–H and O–H groups in total. The Morgan fingerprint density at radius 3 is 2.62 bits per heavy atom. The third-order valence-electron chi connectivity index (χ3n) is 4.34. The summed E-state index contributed by atoms with van der Waals surface area (Å²) in [6, 6.07) is 11.6. The SMILES string of the molecule is COc1ccc(NC(=O)/C=C/c2ccccc2Cl)cc1S(=O)(=O)N1CCOCC1. The summed E-state index contributed by atoms with van der Waals surface area (Å²) in [4.78, 5) is 12.3. The summed E-state index contributed by atoms with van der Waals surface area (Å²) in [5, 5.41) is 3.19. The second-order valence-electron chi connectivity index (χ2n) is 6.23. The maximum absolute atomic E-state index is 13.0. The third kappa shape index (κ3) is 5.16. The lowest BCUT2D eigenvalue weighted by Crippen LogP contribution is -2.40. The molecule has 0 aliphatic carbocycles. The molecular formula is C20H21ClN2O5S. The molecule has 3 rings (SSSR count). The van der Waals surface area contributed by atoms with E-state index >= 15 is 0 Å². The molecule has 1 aliphatic rings. The molecule has 29 heavy (non-hydrogen) atoms. The van der Waals surface area contributed by atoms with Crippen molar-refractivity contribution in [1.82, 2.24) is 4.31 Å². The molecule has 2 aromatic rings. The Morgan fingerprint density at radius 2 is 1.93 bits per heavy atom. The summed E-state index contributed by atoms with van der Waals surface area (Å²) in [5.74, 6) is -0.203. The number of methoxy groups -OCH3 is 1. The number of rotatable bonds is 6. The second-order valence-corrected chi connectivity index (χ2v) is 8.54. The number of nitrogens with one attached hydrogen (secondary N) is 1. The zero-order valence-electron chi connectivity index (χ0n) is 15.8. The lowest BCUT2D eigenvalue weighted by Gasteiger charge is -2.26. The molecular weight excluding hydrogens is 416 g/mol. The topological polar surface area (TPSA) is 84.9 Å². The van der Waals surface area contributed by atoms with E-state index in [0.717, 1.165) is 0 Å². The van der Waals surface area contributed by atoms with Crippen LogP contribution in [-0.2, 0) is 19.6 Å². The number of hydrogen-bond acceptors (Lipinski definition) is 5. The fourth-order valence-electron chi connectivity index (χ4n) is 2.84. The normalized spacial score (nSPS) is 15.4. The van der Waals surface area contributed by atoms with Crippen LogP contribution in [0.1, 0.15) is 5.56 Å². The van der Waals surface area contributed by atoms with Gasteiger partial charge in [-0.25, -0.2) is 8.42 Å². The van der Waals surface area contributed by atoms with E-state index in [1.54, 1.807) is 30.3 Å². The van der Waals surface area contributed by atoms with E-state index in [1.807, 2.05) is 6.07 Å². The zero-order chi connectivity index (χ0) is 20.9. The molecule has 0 saturated carbocycles. The first-order chi connectivity index (χ1) is 13.9. The number of morpholine rings is 1. The highest BCUT2D eigenvalue weighted by molar-refractivity contribution is 7.89. The highest BCUT2D eigenvalue weighted by Crippen LogP contribution is 2.30. The van der Waals surface area contributed by atoms with Gasteiger partial charge in [0.15, 0.2) is 0 Å². The smallest absolute Gasteiger partial charge is 0.248 e. The van der Waals surface area contributed by atoms with Crippen LogP contribution in [0.5, 0.6) is 5.75 Å². The van der Waals surface area contributed by atoms with Gasteiger partial charge in [0.2, 0.25) is 15.9 Å². The van der Waals surface area contributed by atoms with Crippen LogP contribution in [0.3, 0.4) is 0 Å². The Labute approximate surface area is 174 Å². The molecule has 0 atom stereocenters. The molecule has 1 saturated heterocycles. The Morgan fingerprint density at radius 1 is 1.21 bits per heavy atom. The van der Waals surface area contributed by atoms with Gasteiger partial charge in [-0.05, 0) is 35.9 Å². The van der Waals surface area contributed by atoms with E-state index < -0.39 is 15.9 Å². The molecule has 2 aromatic carbocycles. The van der Waals surface area contributed by atoms with E-state index in [2.05, 4.69) is 5.32 Å². The molecule has 0 bridgehead atoms. The highest BCUT2D eigenvalue weighted by Gasteiger charge is 2.29. The van der Waals surface area contributed by atoms with Crippen LogP contribution >= 0.6 is 11.6 Å². The molecule has 0 aromatic heterocycles. The predicted molar refractivity (Wildman–Crippen MR) is 112 cm³/mol. The number of amides is 1. The summed E-state index contributed by atoms with van der Waals surface area (Å²) >= 11 is 6.07. The highest BCUT2D eigenvalue weighted by atomic mass is 35.5. The number of benzene rings is 2. The average molecular weight is 437 g/mol. The minimum atomic E-state index is -3.78. The lowest BCUT2D eigenvalue weighted by atomic mass is 10.2. The van der Waals surface area contributed by atoms with Crippen molar-refractivity contribution in [2.75, 3.05) is 38.7 Å². The number of ether oxygens (including phenoxy) is 2. The first kappa shape index (κ1) is 21.3. The fourth-order valence-corrected chi connectivity index (χ4v) is 4.63. The minimum absolute atomic E-state index is 0.00483. The van der Waals surface area contributed by atoms with E-state index in [-0.39, 0.29) is 23.7 Å². The number of halogens is 1. The third-order valence-corrected chi connectivity index (χ3v) is 6.60. The molecule has 0 spiro atoms.